The predicted molar refractivity (Wildman–Crippen MR) is 101 cm³/mol. The second-order valence-corrected chi connectivity index (χ2v) is 6.41. The summed E-state index contributed by atoms with van der Waals surface area (Å²) in [5.74, 6) is 0.0848. The van der Waals surface area contributed by atoms with E-state index in [1.807, 2.05) is 4.57 Å². The van der Waals surface area contributed by atoms with Crippen LogP contribution in [0.15, 0.2) is 60.1 Å². The molecule has 130 valence electrons. The Morgan fingerprint density at radius 3 is 2.58 bits per heavy atom. The first-order valence-corrected chi connectivity index (χ1v) is 8.53. The van der Waals surface area contributed by atoms with E-state index in [4.69, 9.17) is 23.2 Å². The summed E-state index contributed by atoms with van der Waals surface area (Å²) in [4.78, 5) is 16.2. The molecule has 4 aromatic rings. The van der Waals surface area contributed by atoms with E-state index in [1.165, 1.54) is 0 Å². The minimum absolute atomic E-state index is 0.0848. The lowest BCUT2D eigenvalue weighted by atomic mass is 10.2. The van der Waals surface area contributed by atoms with E-state index < -0.39 is 0 Å². The van der Waals surface area contributed by atoms with Crippen LogP contribution in [-0.2, 0) is 6.54 Å². The van der Waals surface area contributed by atoms with Crippen LogP contribution in [0.5, 0.6) is 5.75 Å². The summed E-state index contributed by atoms with van der Waals surface area (Å²) in [5.41, 5.74) is 2.96. The van der Waals surface area contributed by atoms with Crippen molar-refractivity contribution < 1.29 is 5.11 Å². The van der Waals surface area contributed by atoms with Gasteiger partial charge in [-0.3, -0.25) is 0 Å². The highest BCUT2D eigenvalue weighted by Gasteiger charge is 2.11. The molecule has 6 nitrogen and oxygen atoms in total. The summed E-state index contributed by atoms with van der Waals surface area (Å²) in [6.45, 7) is 0.420. The van der Waals surface area contributed by atoms with Crippen molar-refractivity contribution in [3.8, 4) is 5.75 Å². The van der Waals surface area contributed by atoms with E-state index in [9.17, 15) is 5.11 Å². The number of para-hydroxylation sites is 2. The third-order valence-electron chi connectivity index (χ3n) is 3.93. The van der Waals surface area contributed by atoms with Gasteiger partial charge in [-0.2, -0.15) is 0 Å². The van der Waals surface area contributed by atoms with E-state index in [2.05, 4.69) is 19.9 Å². The third kappa shape index (κ3) is 3.05. The summed E-state index contributed by atoms with van der Waals surface area (Å²) in [5, 5.41) is 11.1. The molecule has 0 bridgehead atoms. The number of aromatic amines is 1. The molecule has 0 aliphatic heterocycles. The van der Waals surface area contributed by atoms with Crippen molar-refractivity contribution in [2.75, 3.05) is 0 Å². The van der Waals surface area contributed by atoms with Gasteiger partial charge >= 0.3 is 0 Å². The fraction of sp³-hybridized carbons (Fsp3) is 0.0556. The molecule has 2 aromatic carbocycles. The van der Waals surface area contributed by atoms with Crippen LogP contribution in [0.4, 0.5) is 5.69 Å². The zero-order valence-corrected chi connectivity index (χ0v) is 14.9. The molecule has 2 aromatic heterocycles. The Bertz CT molecular complexity index is 1150. The maximum absolute atomic E-state index is 9.92. The van der Waals surface area contributed by atoms with Crippen LogP contribution in [0.1, 0.15) is 5.56 Å². The average molecular weight is 386 g/mol. The van der Waals surface area contributed by atoms with E-state index in [-0.39, 0.29) is 5.75 Å². The maximum atomic E-state index is 9.92. The first-order valence-electron chi connectivity index (χ1n) is 7.77. The Kier molecular flexibility index (Phi) is 4.36. The molecule has 0 atom stereocenters. The number of fused-ring (bicyclic) bond motifs is 1. The lowest BCUT2D eigenvalue weighted by Crippen LogP contribution is -2.14. The van der Waals surface area contributed by atoms with Crippen LogP contribution < -0.4 is 5.49 Å². The van der Waals surface area contributed by atoms with E-state index in [0.29, 0.717) is 38.9 Å². The van der Waals surface area contributed by atoms with Gasteiger partial charge in [0.05, 0.1) is 19.2 Å². The smallest absolute Gasteiger partial charge is 0.181 e. The van der Waals surface area contributed by atoms with Crippen LogP contribution in [0.3, 0.4) is 0 Å². The van der Waals surface area contributed by atoms with Gasteiger partial charge in [-0.1, -0.05) is 41.4 Å². The Balaban J connectivity index is 1.84. The van der Waals surface area contributed by atoms with Crippen molar-refractivity contribution in [1.29, 1.82) is 0 Å². The second-order valence-electron chi connectivity index (χ2n) is 5.60. The summed E-state index contributed by atoms with van der Waals surface area (Å²) >= 11 is 12.5. The standard InChI is InChI=1S/C18H13Cl2N5O/c19-12-4-3-5-13(20)11(12)8-25-10-23-17(16-18(25)22-9-21-16)24-14-6-1-2-7-15(14)26/h1-7,9-10,26H,8H2,(H,21,22). The summed E-state index contributed by atoms with van der Waals surface area (Å²) in [7, 11) is 0. The summed E-state index contributed by atoms with van der Waals surface area (Å²) < 4.78 is 1.84. The van der Waals surface area contributed by atoms with Gasteiger partial charge in [0, 0.05) is 15.6 Å². The monoisotopic (exact) mass is 385 g/mol. The number of H-pyrrole nitrogens is 1. The molecule has 0 saturated heterocycles. The topological polar surface area (TPSA) is 79.1 Å². The van der Waals surface area contributed by atoms with E-state index >= 15 is 0 Å². The van der Waals surface area contributed by atoms with Gasteiger partial charge in [0.2, 0.25) is 0 Å². The largest absolute Gasteiger partial charge is 0.506 e. The summed E-state index contributed by atoms with van der Waals surface area (Å²) in [6, 6.07) is 12.2. The first-order chi connectivity index (χ1) is 12.6. The van der Waals surface area contributed by atoms with Gasteiger partial charge in [-0.15, -0.1) is 0 Å². The van der Waals surface area contributed by atoms with Gasteiger partial charge in [-0.25, -0.2) is 15.0 Å². The SMILES string of the molecule is Oc1ccccc1N=c1ncn(Cc2c(Cl)cccc2Cl)c2nc[nH]c12. The number of imidazole rings is 1. The molecule has 0 unspecified atom stereocenters. The van der Waals surface area contributed by atoms with Crippen LogP contribution >= 0.6 is 23.2 Å². The minimum atomic E-state index is 0.0848. The van der Waals surface area contributed by atoms with E-state index in [0.717, 1.165) is 5.56 Å². The molecule has 26 heavy (non-hydrogen) atoms. The molecule has 4 rings (SSSR count). The number of nitrogens with zero attached hydrogens (tertiary/aromatic N) is 4. The van der Waals surface area contributed by atoms with Gasteiger partial charge in [0.15, 0.2) is 11.1 Å². The molecule has 0 amide bonds. The first kappa shape index (κ1) is 16.6. The van der Waals surface area contributed by atoms with Crippen LogP contribution in [-0.4, -0.2) is 24.6 Å². The number of aromatic nitrogens is 4. The molecule has 0 radical (unpaired) electrons. The molecule has 2 N–H and O–H groups in total. The van der Waals surface area contributed by atoms with Gasteiger partial charge in [-0.05, 0) is 24.3 Å². The Hall–Kier alpha value is -2.83. The fourth-order valence-corrected chi connectivity index (χ4v) is 3.16. The van der Waals surface area contributed by atoms with Gasteiger partial charge in [0.25, 0.3) is 0 Å². The predicted octanol–water partition coefficient (Wildman–Crippen LogP) is 4.05. The number of phenols is 1. The quantitative estimate of drug-likeness (QED) is 0.558. The zero-order valence-electron chi connectivity index (χ0n) is 13.4. The number of hydrogen-bond acceptors (Lipinski definition) is 4. The Morgan fingerprint density at radius 1 is 1.04 bits per heavy atom. The van der Waals surface area contributed by atoms with E-state index in [1.54, 1.807) is 55.1 Å². The van der Waals surface area contributed by atoms with Crippen molar-refractivity contribution in [2.24, 2.45) is 4.99 Å². The molecule has 0 aliphatic carbocycles. The summed E-state index contributed by atoms with van der Waals surface area (Å²) in [6.07, 6.45) is 3.20. The molecular formula is C18H13Cl2N5O. The normalized spacial score (nSPS) is 12.0. The fourth-order valence-electron chi connectivity index (χ4n) is 2.64. The van der Waals surface area contributed by atoms with Crippen molar-refractivity contribution >= 4 is 40.1 Å². The number of aromatic hydroxyl groups is 1. The van der Waals surface area contributed by atoms with Crippen LogP contribution in [0.2, 0.25) is 10.0 Å². The molecule has 0 aliphatic rings. The van der Waals surface area contributed by atoms with Crippen molar-refractivity contribution in [1.82, 2.24) is 19.5 Å². The molecule has 0 fully saturated rings. The Morgan fingerprint density at radius 2 is 1.81 bits per heavy atom. The lowest BCUT2D eigenvalue weighted by Gasteiger charge is -2.10. The number of benzene rings is 2. The van der Waals surface area contributed by atoms with Crippen molar-refractivity contribution in [2.45, 2.75) is 6.54 Å². The van der Waals surface area contributed by atoms with Gasteiger partial charge < -0.3 is 14.7 Å². The third-order valence-corrected chi connectivity index (χ3v) is 4.64. The number of hydrogen-bond donors (Lipinski definition) is 2. The van der Waals surface area contributed by atoms with Crippen molar-refractivity contribution in [3.05, 3.63) is 76.2 Å². The lowest BCUT2D eigenvalue weighted by molar-refractivity contribution is 0.476. The van der Waals surface area contributed by atoms with Gasteiger partial charge in [0.1, 0.15) is 17.0 Å². The molecule has 2 heterocycles. The highest BCUT2D eigenvalue weighted by atomic mass is 35.5. The second kappa shape index (κ2) is 6.82. The molecule has 0 saturated carbocycles. The average Bonchev–Trinajstić information content (AvgIpc) is 3.12. The number of nitrogens with one attached hydrogen (secondary N) is 1. The van der Waals surface area contributed by atoms with Crippen LogP contribution in [0, 0.1) is 0 Å². The maximum Gasteiger partial charge on any atom is 0.181 e. The Labute approximate surface area is 158 Å². The minimum Gasteiger partial charge on any atom is -0.506 e. The van der Waals surface area contributed by atoms with Crippen LogP contribution in [0.25, 0.3) is 11.2 Å². The molecule has 8 heteroatoms. The molecule has 0 spiro atoms. The number of rotatable bonds is 3. The van der Waals surface area contributed by atoms with Crippen molar-refractivity contribution in [3.63, 3.8) is 0 Å². The number of phenolic OH excluding ortho intramolecular Hbond substituents is 1. The highest BCUT2D eigenvalue weighted by Crippen LogP contribution is 2.26. The zero-order chi connectivity index (χ0) is 18.1. The molecular weight excluding hydrogens is 373 g/mol. The number of halogens is 2. The highest BCUT2D eigenvalue weighted by molar-refractivity contribution is 6.36.